The molecule has 1 N–H and O–H groups in total. The Labute approximate surface area is 122 Å². The van der Waals surface area contributed by atoms with Gasteiger partial charge in [-0.15, -0.1) is 11.3 Å². The van der Waals surface area contributed by atoms with Gasteiger partial charge in [0.2, 0.25) is 5.13 Å². The fourth-order valence-electron chi connectivity index (χ4n) is 2.85. The van der Waals surface area contributed by atoms with Gasteiger partial charge in [-0.25, -0.2) is 4.98 Å². The van der Waals surface area contributed by atoms with Gasteiger partial charge in [0, 0.05) is 22.6 Å². The molecule has 100 valence electrons. The van der Waals surface area contributed by atoms with Gasteiger partial charge in [0.05, 0.1) is 5.69 Å². The van der Waals surface area contributed by atoms with Gasteiger partial charge in [0.15, 0.2) is 0 Å². The van der Waals surface area contributed by atoms with Crippen LogP contribution in [0, 0.1) is 11.8 Å². The van der Waals surface area contributed by atoms with Crippen molar-refractivity contribution in [3.8, 4) is 11.3 Å². The highest BCUT2D eigenvalue weighted by atomic mass is 32.1. The second kappa shape index (κ2) is 4.87. The standard InChI is InChI=1S/C16H15N3S/c1-2-5-11(6-3-1)15-10-20-16(17-15)19-18-14-9-12-7-4-8-13(12)14/h1-7,10,12-13H,8-9H2,(H,17,19)/b18-14+/t12-,13-/m1/s1. The predicted octanol–water partition coefficient (Wildman–Crippen LogP) is 4.17. The Kier molecular flexibility index (Phi) is 2.89. The van der Waals surface area contributed by atoms with Crippen LogP contribution in [0.25, 0.3) is 11.3 Å². The van der Waals surface area contributed by atoms with Crippen LogP contribution in [0.2, 0.25) is 0 Å². The lowest BCUT2D eigenvalue weighted by Crippen LogP contribution is -2.33. The molecule has 0 bridgehead atoms. The summed E-state index contributed by atoms with van der Waals surface area (Å²) < 4.78 is 0. The van der Waals surface area contributed by atoms with Crippen LogP contribution in [-0.4, -0.2) is 10.7 Å². The number of aromatic nitrogens is 1. The molecule has 2 aliphatic carbocycles. The molecule has 1 fully saturated rings. The Morgan fingerprint density at radius 1 is 1.25 bits per heavy atom. The van der Waals surface area contributed by atoms with E-state index >= 15 is 0 Å². The van der Waals surface area contributed by atoms with Crippen LogP contribution in [0.15, 0.2) is 53.0 Å². The molecule has 20 heavy (non-hydrogen) atoms. The Hall–Kier alpha value is -1.94. The fraction of sp³-hybridized carbons (Fsp3) is 0.250. The predicted molar refractivity (Wildman–Crippen MR) is 84.0 cm³/mol. The number of hydrazone groups is 1. The van der Waals surface area contributed by atoms with E-state index in [2.05, 4.69) is 45.2 Å². The largest absolute Gasteiger partial charge is 0.253 e. The van der Waals surface area contributed by atoms with E-state index in [1.165, 1.54) is 5.71 Å². The molecule has 3 nitrogen and oxygen atoms in total. The van der Waals surface area contributed by atoms with Crippen LogP contribution in [0.4, 0.5) is 5.13 Å². The molecule has 0 saturated heterocycles. The minimum absolute atomic E-state index is 0.649. The van der Waals surface area contributed by atoms with Gasteiger partial charge < -0.3 is 0 Å². The highest BCUT2D eigenvalue weighted by Crippen LogP contribution is 2.40. The summed E-state index contributed by atoms with van der Waals surface area (Å²) in [4.78, 5) is 4.58. The van der Waals surface area contributed by atoms with Gasteiger partial charge in [0.1, 0.15) is 0 Å². The van der Waals surface area contributed by atoms with Crippen molar-refractivity contribution in [1.29, 1.82) is 0 Å². The maximum absolute atomic E-state index is 4.58. The number of hydrogen-bond donors (Lipinski definition) is 1. The lowest BCUT2D eigenvalue weighted by Gasteiger charge is -2.31. The van der Waals surface area contributed by atoms with Crippen LogP contribution < -0.4 is 5.43 Å². The molecule has 2 aliphatic rings. The third-order valence-corrected chi connectivity index (χ3v) is 4.78. The van der Waals surface area contributed by atoms with E-state index in [0.29, 0.717) is 5.92 Å². The topological polar surface area (TPSA) is 37.3 Å². The first-order valence-electron chi connectivity index (χ1n) is 6.90. The molecule has 1 aromatic heterocycles. The Morgan fingerprint density at radius 2 is 2.15 bits per heavy atom. The number of hydrogen-bond acceptors (Lipinski definition) is 4. The van der Waals surface area contributed by atoms with E-state index < -0.39 is 0 Å². The van der Waals surface area contributed by atoms with Crippen LogP contribution in [0.1, 0.15) is 12.8 Å². The molecule has 2 atom stereocenters. The van der Waals surface area contributed by atoms with Crippen molar-refractivity contribution in [2.45, 2.75) is 12.8 Å². The molecule has 4 rings (SSSR count). The lowest BCUT2D eigenvalue weighted by molar-refractivity contribution is 0.466. The summed E-state index contributed by atoms with van der Waals surface area (Å²) in [6, 6.07) is 10.2. The Morgan fingerprint density at radius 3 is 3.00 bits per heavy atom. The molecule has 0 amide bonds. The quantitative estimate of drug-likeness (QED) is 0.677. The van der Waals surface area contributed by atoms with Gasteiger partial charge in [-0.3, -0.25) is 5.43 Å². The molecular weight excluding hydrogens is 266 g/mol. The van der Waals surface area contributed by atoms with Crippen molar-refractivity contribution in [3.63, 3.8) is 0 Å². The first-order chi connectivity index (χ1) is 9.90. The maximum atomic E-state index is 4.58. The minimum atomic E-state index is 0.649. The second-order valence-corrected chi connectivity index (χ2v) is 6.12. The minimum Gasteiger partial charge on any atom is -0.253 e. The molecule has 1 saturated carbocycles. The number of nitrogens with one attached hydrogen (secondary N) is 1. The lowest BCUT2D eigenvalue weighted by atomic mass is 9.74. The molecule has 0 spiro atoms. The molecular formula is C16H15N3S. The molecule has 1 aromatic carbocycles. The average molecular weight is 281 g/mol. The Balaban J connectivity index is 1.46. The van der Waals surface area contributed by atoms with Gasteiger partial charge in [-0.05, 0) is 18.8 Å². The molecule has 0 radical (unpaired) electrons. The van der Waals surface area contributed by atoms with Gasteiger partial charge >= 0.3 is 0 Å². The third kappa shape index (κ3) is 2.06. The number of benzene rings is 1. The van der Waals surface area contributed by atoms with E-state index in [1.54, 1.807) is 11.3 Å². The van der Waals surface area contributed by atoms with Crippen molar-refractivity contribution in [2.24, 2.45) is 16.9 Å². The average Bonchev–Trinajstić information content (AvgIpc) is 3.08. The van der Waals surface area contributed by atoms with E-state index in [9.17, 15) is 0 Å². The zero-order chi connectivity index (χ0) is 13.4. The van der Waals surface area contributed by atoms with E-state index in [0.717, 1.165) is 35.1 Å². The fourth-order valence-corrected chi connectivity index (χ4v) is 3.51. The number of rotatable bonds is 3. The SMILES string of the molecule is C1=C[C@@H]2C/C(=N\Nc3nc(-c4ccccc4)cs3)[C@@H]2C1. The number of nitrogens with zero attached hydrogens (tertiary/aromatic N) is 2. The summed E-state index contributed by atoms with van der Waals surface area (Å²) in [6.45, 7) is 0. The van der Waals surface area contributed by atoms with E-state index in [-0.39, 0.29) is 0 Å². The maximum Gasteiger partial charge on any atom is 0.203 e. The number of fused-ring (bicyclic) bond motifs is 1. The van der Waals surface area contributed by atoms with Crippen molar-refractivity contribution < 1.29 is 0 Å². The summed E-state index contributed by atoms with van der Waals surface area (Å²) in [5, 5.41) is 7.46. The third-order valence-electron chi connectivity index (χ3n) is 4.03. The molecule has 0 aliphatic heterocycles. The summed E-state index contributed by atoms with van der Waals surface area (Å²) >= 11 is 1.60. The zero-order valence-electron chi connectivity index (χ0n) is 11.0. The van der Waals surface area contributed by atoms with E-state index in [1.807, 2.05) is 18.2 Å². The van der Waals surface area contributed by atoms with Crippen LogP contribution in [0.3, 0.4) is 0 Å². The highest BCUT2D eigenvalue weighted by molar-refractivity contribution is 7.14. The van der Waals surface area contributed by atoms with Gasteiger partial charge in [-0.2, -0.15) is 5.10 Å². The monoisotopic (exact) mass is 281 g/mol. The van der Waals surface area contributed by atoms with Crippen LogP contribution in [-0.2, 0) is 0 Å². The van der Waals surface area contributed by atoms with Gasteiger partial charge in [0.25, 0.3) is 0 Å². The molecule has 0 unspecified atom stereocenters. The van der Waals surface area contributed by atoms with Crippen molar-refractivity contribution >= 4 is 22.2 Å². The summed E-state index contributed by atoms with van der Waals surface area (Å²) in [5.41, 5.74) is 6.56. The van der Waals surface area contributed by atoms with Crippen molar-refractivity contribution in [2.75, 3.05) is 5.43 Å². The second-order valence-electron chi connectivity index (χ2n) is 5.26. The van der Waals surface area contributed by atoms with Crippen molar-refractivity contribution in [3.05, 3.63) is 47.9 Å². The molecule has 2 aromatic rings. The van der Waals surface area contributed by atoms with Gasteiger partial charge in [-0.1, -0.05) is 42.5 Å². The zero-order valence-corrected chi connectivity index (χ0v) is 11.8. The molecule has 1 heterocycles. The normalized spacial score (nSPS) is 25.5. The Bertz CT molecular complexity index is 672. The van der Waals surface area contributed by atoms with Crippen molar-refractivity contribution in [1.82, 2.24) is 4.98 Å². The summed E-state index contributed by atoms with van der Waals surface area (Å²) in [5.74, 6) is 1.39. The molecule has 4 heteroatoms. The number of thiazole rings is 1. The van der Waals surface area contributed by atoms with E-state index in [4.69, 9.17) is 0 Å². The smallest absolute Gasteiger partial charge is 0.203 e. The van der Waals surface area contributed by atoms with Crippen LogP contribution in [0.5, 0.6) is 0 Å². The first-order valence-corrected chi connectivity index (χ1v) is 7.78. The highest BCUT2D eigenvalue weighted by Gasteiger charge is 2.37. The number of allylic oxidation sites excluding steroid dienone is 2. The summed E-state index contributed by atoms with van der Waals surface area (Å²) in [7, 11) is 0. The number of anilines is 1. The summed E-state index contributed by atoms with van der Waals surface area (Å²) in [6.07, 6.45) is 6.85. The van der Waals surface area contributed by atoms with Crippen LogP contribution >= 0.6 is 11.3 Å². The first kappa shape index (κ1) is 11.9.